The van der Waals surface area contributed by atoms with Gasteiger partial charge in [-0.05, 0) is 32.1 Å². The molecule has 0 radical (unpaired) electrons. The molecule has 1 fully saturated rings. The van der Waals surface area contributed by atoms with E-state index >= 15 is 0 Å². The Labute approximate surface area is 117 Å². The van der Waals surface area contributed by atoms with Gasteiger partial charge in [-0.2, -0.15) is 13.2 Å². The second kappa shape index (κ2) is 7.83. The van der Waals surface area contributed by atoms with Gasteiger partial charge in [-0.15, -0.1) is 0 Å². The average Bonchev–Trinajstić information content (AvgIpc) is 3.15. The number of carbonyl (C=O) groups is 1. The van der Waals surface area contributed by atoms with Gasteiger partial charge in [0.25, 0.3) is 0 Å². The highest BCUT2D eigenvalue weighted by molar-refractivity contribution is 5.77. The number of alkyl halides is 3. The zero-order chi connectivity index (χ0) is 15.2. The van der Waals surface area contributed by atoms with Gasteiger partial charge in [0.2, 0.25) is 5.91 Å². The molecule has 2 N–H and O–H groups in total. The van der Waals surface area contributed by atoms with Crippen LogP contribution in [0.4, 0.5) is 13.2 Å². The van der Waals surface area contributed by atoms with E-state index in [2.05, 4.69) is 0 Å². The molecule has 0 aliphatic heterocycles. The molecule has 1 unspecified atom stereocenters. The van der Waals surface area contributed by atoms with Gasteiger partial charge in [-0.25, -0.2) is 0 Å². The number of nitrogens with zero attached hydrogens (tertiary/aromatic N) is 1. The summed E-state index contributed by atoms with van der Waals surface area (Å²) in [6.07, 6.45) is -2.05. The van der Waals surface area contributed by atoms with Crippen LogP contribution in [0.5, 0.6) is 0 Å². The third-order valence-corrected chi connectivity index (χ3v) is 3.28. The number of ether oxygens (including phenoxy) is 1. The largest absolute Gasteiger partial charge is 0.406 e. The lowest BCUT2D eigenvalue weighted by Gasteiger charge is -2.25. The number of hydrogen-bond acceptors (Lipinski definition) is 3. The Bertz CT molecular complexity index is 306. The predicted molar refractivity (Wildman–Crippen MR) is 69.1 cm³/mol. The standard InChI is InChI=1S/C13H23F3N2O2/c1-2-20-7-3-6-18(9-13(14,15)16)12(19)8-11(17)10-4-5-10/h10-11H,2-9,17H2,1H3. The fourth-order valence-corrected chi connectivity index (χ4v) is 2.03. The van der Waals surface area contributed by atoms with Crippen LogP contribution >= 0.6 is 0 Å². The van der Waals surface area contributed by atoms with Gasteiger partial charge in [-0.3, -0.25) is 4.79 Å². The van der Waals surface area contributed by atoms with E-state index in [1.54, 1.807) is 0 Å². The maximum absolute atomic E-state index is 12.5. The summed E-state index contributed by atoms with van der Waals surface area (Å²) >= 11 is 0. The molecule has 1 amide bonds. The minimum atomic E-state index is -4.38. The van der Waals surface area contributed by atoms with Crippen LogP contribution in [0.1, 0.15) is 32.6 Å². The molecular formula is C13H23F3N2O2. The van der Waals surface area contributed by atoms with Crippen LogP contribution in [-0.4, -0.2) is 49.3 Å². The predicted octanol–water partition coefficient (Wildman–Crippen LogP) is 1.93. The summed E-state index contributed by atoms with van der Waals surface area (Å²) in [4.78, 5) is 12.8. The van der Waals surface area contributed by atoms with Crippen LogP contribution in [0.25, 0.3) is 0 Å². The highest BCUT2D eigenvalue weighted by Crippen LogP contribution is 2.33. The Hall–Kier alpha value is -0.820. The van der Waals surface area contributed by atoms with Crippen molar-refractivity contribution >= 4 is 5.91 Å². The van der Waals surface area contributed by atoms with Crippen LogP contribution in [-0.2, 0) is 9.53 Å². The van der Waals surface area contributed by atoms with E-state index < -0.39 is 18.6 Å². The molecule has 0 spiro atoms. The summed E-state index contributed by atoms with van der Waals surface area (Å²) in [6.45, 7) is 1.52. The fourth-order valence-electron chi connectivity index (χ4n) is 2.03. The summed E-state index contributed by atoms with van der Waals surface area (Å²) in [5.74, 6) is -0.215. The highest BCUT2D eigenvalue weighted by Gasteiger charge is 2.35. The summed E-state index contributed by atoms with van der Waals surface area (Å²) < 4.78 is 42.6. The second-order valence-corrected chi connectivity index (χ2v) is 5.19. The quantitative estimate of drug-likeness (QED) is 0.661. The molecule has 1 aliphatic rings. The van der Waals surface area contributed by atoms with Gasteiger partial charge in [-0.1, -0.05) is 0 Å². The van der Waals surface area contributed by atoms with Crippen LogP contribution in [0.2, 0.25) is 0 Å². The van der Waals surface area contributed by atoms with Gasteiger partial charge >= 0.3 is 6.18 Å². The Balaban J connectivity index is 2.44. The van der Waals surface area contributed by atoms with Gasteiger partial charge in [0.1, 0.15) is 6.54 Å². The van der Waals surface area contributed by atoms with Crippen molar-refractivity contribution in [2.75, 3.05) is 26.3 Å². The summed E-state index contributed by atoms with van der Waals surface area (Å²) in [6, 6.07) is -0.315. The van der Waals surface area contributed by atoms with E-state index in [4.69, 9.17) is 10.5 Å². The molecule has 0 heterocycles. The van der Waals surface area contributed by atoms with Crippen LogP contribution < -0.4 is 5.73 Å². The Morgan fingerprint density at radius 2 is 2.10 bits per heavy atom. The van der Waals surface area contributed by atoms with Crippen LogP contribution in [0.15, 0.2) is 0 Å². The summed E-state index contributed by atoms with van der Waals surface area (Å²) in [5, 5.41) is 0. The van der Waals surface area contributed by atoms with E-state index in [0.29, 0.717) is 25.6 Å². The molecule has 0 bridgehead atoms. The molecule has 1 rings (SSSR count). The van der Waals surface area contributed by atoms with E-state index in [0.717, 1.165) is 17.7 Å². The van der Waals surface area contributed by atoms with E-state index in [1.165, 1.54) is 0 Å². The van der Waals surface area contributed by atoms with Crippen LogP contribution in [0, 0.1) is 5.92 Å². The zero-order valence-electron chi connectivity index (χ0n) is 11.8. The summed E-state index contributed by atoms with van der Waals surface area (Å²) in [7, 11) is 0. The lowest BCUT2D eigenvalue weighted by Crippen LogP contribution is -2.42. The lowest BCUT2D eigenvalue weighted by molar-refractivity contribution is -0.161. The molecular weight excluding hydrogens is 273 g/mol. The average molecular weight is 296 g/mol. The van der Waals surface area contributed by atoms with Crippen molar-refractivity contribution < 1.29 is 22.7 Å². The molecule has 0 saturated heterocycles. The first-order valence-electron chi connectivity index (χ1n) is 7.01. The molecule has 118 valence electrons. The number of halogens is 3. The molecule has 7 heteroatoms. The minimum absolute atomic E-state index is 0.00458. The van der Waals surface area contributed by atoms with Crippen LogP contribution in [0.3, 0.4) is 0 Å². The van der Waals surface area contributed by atoms with Crippen molar-refractivity contribution in [1.82, 2.24) is 4.90 Å². The monoisotopic (exact) mass is 296 g/mol. The highest BCUT2D eigenvalue weighted by atomic mass is 19.4. The van der Waals surface area contributed by atoms with Gasteiger partial charge in [0.05, 0.1) is 0 Å². The number of amides is 1. The molecule has 0 aromatic heterocycles. The first kappa shape index (κ1) is 17.2. The molecule has 1 atom stereocenters. The van der Waals surface area contributed by atoms with Crippen molar-refractivity contribution in [3.8, 4) is 0 Å². The maximum Gasteiger partial charge on any atom is 0.406 e. The third kappa shape index (κ3) is 7.09. The lowest BCUT2D eigenvalue weighted by atomic mass is 10.1. The number of rotatable bonds is 9. The fraction of sp³-hybridized carbons (Fsp3) is 0.923. The molecule has 4 nitrogen and oxygen atoms in total. The normalized spacial score (nSPS) is 17.1. The number of nitrogens with two attached hydrogens (primary N) is 1. The third-order valence-electron chi connectivity index (χ3n) is 3.28. The van der Waals surface area contributed by atoms with E-state index in [-0.39, 0.29) is 19.0 Å². The number of hydrogen-bond donors (Lipinski definition) is 1. The molecule has 0 aromatic carbocycles. The van der Waals surface area contributed by atoms with Crippen molar-refractivity contribution in [2.45, 2.75) is 44.8 Å². The smallest absolute Gasteiger partial charge is 0.382 e. The van der Waals surface area contributed by atoms with Gasteiger partial charge in [0.15, 0.2) is 0 Å². The van der Waals surface area contributed by atoms with E-state index in [9.17, 15) is 18.0 Å². The SMILES string of the molecule is CCOCCCN(CC(F)(F)F)C(=O)CC(N)C1CC1. The Morgan fingerprint density at radius 1 is 1.45 bits per heavy atom. The molecule has 1 aliphatic carbocycles. The topological polar surface area (TPSA) is 55.6 Å². The molecule has 0 aromatic rings. The zero-order valence-corrected chi connectivity index (χ0v) is 11.8. The first-order valence-corrected chi connectivity index (χ1v) is 7.01. The summed E-state index contributed by atoms with van der Waals surface area (Å²) in [5.41, 5.74) is 5.80. The minimum Gasteiger partial charge on any atom is -0.382 e. The van der Waals surface area contributed by atoms with Crippen molar-refractivity contribution in [3.05, 3.63) is 0 Å². The first-order chi connectivity index (χ1) is 9.33. The van der Waals surface area contributed by atoms with Crippen molar-refractivity contribution in [3.63, 3.8) is 0 Å². The van der Waals surface area contributed by atoms with Gasteiger partial charge < -0.3 is 15.4 Å². The van der Waals surface area contributed by atoms with Gasteiger partial charge in [0, 0.05) is 32.2 Å². The molecule has 20 heavy (non-hydrogen) atoms. The maximum atomic E-state index is 12.5. The number of carbonyl (C=O) groups excluding carboxylic acids is 1. The Kier molecular flexibility index (Phi) is 6.75. The van der Waals surface area contributed by atoms with E-state index in [1.807, 2.05) is 6.92 Å². The second-order valence-electron chi connectivity index (χ2n) is 5.19. The van der Waals surface area contributed by atoms with Crippen molar-refractivity contribution in [1.29, 1.82) is 0 Å². The Morgan fingerprint density at radius 3 is 2.60 bits per heavy atom. The molecule has 1 saturated carbocycles. The van der Waals surface area contributed by atoms with Crippen molar-refractivity contribution in [2.24, 2.45) is 11.7 Å².